The summed E-state index contributed by atoms with van der Waals surface area (Å²) in [6, 6.07) is 10.5. The topological polar surface area (TPSA) is 44.1 Å². The molecular weight excluding hydrogens is 362 g/mol. The summed E-state index contributed by atoms with van der Waals surface area (Å²) in [5.41, 5.74) is 5.75. The van der Waals surface area contributed by atoms with Crippen LogP contribution in [0, 0.1) is 13.8 Å². The van der Waals surface area contributed by atoms with Crippen LogP contribution in [-0.4, -0.2) is 70.8 Å². The van der Waals surface area contributed by atoms with E-state index < -0.39 is 0 Å². The normalized spacial score (nSPS) is 20.9. The van der Waals surface area contributed by atoms with Crippen LogP contribution in [0.15, 0.2) is 41.6 Å². The molecule has 1 aromatic heterocycles. The van der Waals surface area contributed by atoms with Gasteiger partial charge in [-0.3, -0.25) is 9.69 Å². The smallest absolute Gasteiger partial charge is 0.257 e. The van der Waals surface area contributed by atoms with E-state index in [0.717, 1.165) is 49.6 Å². The van der Waals surface area contributed by atoms with E-state index in [-0.39, 0.29) is 11.9 Å². The Morgan fingerprint density at radius 2 is 1.83 bits per heavy atom. The fourth-order valence-electron chi connectivity index (χ4n) is 4.16. The molecule has 1 atom stereocenters. The second-order valence-corrected chi connectivity index (χ2v) is 8.43. The van der Waals surface area contributed by atoms with Gasteiger partial charge in [0.15, 0.2) is 0 Å². The molecule has 1 aromatic carbocycles. The van der Waals surface area contributed by atoms with E-state index in [1.165, 1.54) is 11.1 Å². The number of benzene rings is 1. The number of rotatable bonds is 4. The molecule has 0 N–H and O–H groups in total. The zero-order valence-electron chi connectivity index (χ0n) is 17.9. The lowest BCUT2D eigenvalue weighted by molar-refractivity contribution is -0.134. The maximum absolute atomic E-state index is 13.3. The molecule has 6 nitrogen and oxygen atoms in total. The SMILES string of the molecule is Cc1ccc(C2=NN(C(=O)CN3CCN(C)CC3)C(c3cccn3C)C2)cc1C. The van der Waals surface area contributed by atoms with Crippen molar-refractivity contribution in [3.63, 3.8) is 0 Å². The fraction of sp³-hybridized carbons (Fsp3) is 0.478. The summed E-state index contributed by atoms with van der Waals surface area (Å²) < 4.78 is 2.10. The molecule has 6 heteroatoms. The number of aromatic nitrogens is 1. The van der Waals surface area contributed by atoms with Gasteiger partial charge in [-0.25, -0.2) is 5.01 Å². The Morgan fingerprint density at radius 1 is 1.07 bits per heavy atom. The minimum atomic E-state index is -0.0495. The van der Waals surface area contributed by atoms with Crippen LogP contribution in [0.5, 0.6) is 0 Å². The van der Waals surface area contributed by atoms with E-state index in [1.807, 2.05) is 19.3 Å². The van der Waals surface area contributed by atoms with Gasteiger partial charge in [-0.2, -0.15) is 5.10 Å². The first kappa shape index (κ1) is 19.9. The monoisotopic (exact) mass is 393 g/mol. The van der Waals surface area contributed by atoms with Crippen LogP contribution in [0.2, 0.25) is 0 Å². The van der Waals surface area contributed by atoms with Crippen LogP contribution in [0.25, 0.3) is 0 Å². The molecule has 1 fully saturated rings. The number of nitrogens with zero attached hydrogens (tertiary/aromatic N) is 5. The number of carbonyl (C=O) groups is 1. The first-order chi connectivity index (χ1) is 13.9. The molecule has 0 saturated carbocycles. The van der Waals surface area contributed by atoms with Gasteiger partial charge in [0, 0.05) is 51.5 Å². The Labute approximate surface area is 173 Å². The highest BCUT2D eigenvalue weighted by molar-refractivity contribution is 6.03. The highest BCUT2D eigenvalue weighted by atomic mass is 16.2. The number of amides is 1. The lowest BCUT2D eigenvalue weighted by atomic mass is 9.98. The van der Waals surface area contributed by atoms with E-state index >= 15 is 0 Å². The maximum Gasteiger partial charge on any atom is 0.257 e. The second kappa shape index (κ2) is 8.13. The summed E-state index contributed by atoms with van der Waals surface area (Å²) in [5.74, 6) is 0.0830. The van der Waals surface area contributed by atoms with Crippen LogP contribution in [0.1, 0.15) is 34.8 Å². The van der Waals surface area contributed by atoms with Crippen molar-refractivity contribution in [2.24, 2.45) is 12.1 Å². The van der Waals surface area contributed by atoms with Crippen LogP contribution in [0.3, 0.4) is 0 Å². The van der Waals surface area contributed by atoms with Crippen molar-refractivity contribution in [1.82, 2.24) is 19.4 Å². The molecule has 0 spiro atoms. The molecule has 154 valence electrons. The summed E-state index contributed by atoms with van der Waals surface area (Å²) in [6.07, 6.45) is 2.78. The Morgan fingerprint density at radius 3 is 2.48 bits per heavy atom. The van der Waals surface area contributed by atoms with Crippen molar-refractivity contribution in [2.75, 3.05) is 39.8 Å². The zero-order valence-corrected chi connectivity index (χ0v) is 17.9. The van der Waals surface area contributed by atoms with Crippen molar-refractivity contribution in [3.05, 3.63) is 58.9 Å². The molecule has 0 bridgehead atoms. The summed E-state index contributed by atoms with van der Waals surface area (Å²) in [6.45, 7) is 8.54. The molecule has 1 amide bonds. The lowest BCUT2D eigenvalue weighted by Gasteiger charge is -2.33. The molecule has 4 rings (SSSR count). The first-order valence-electron chi connectivity index (χ1n) is 10.4. The molecule has 2 aromatic rings. The van der Waals surface area contributed by atoms with Crippen molar-refractivity contribution < 1.29 is 4.79 Å². The summed E-state index contributed by atoms with van der Waals surface area (Å²) in [5, 5.41) is 6.57. The maximum atomic E-state index is 13.3. The van der Waals surface area contributed by atoms with Gasteiger partial charge in [-0.05, 0) is 55.8 Å². The number of piperazine rings is 1. The molecule has 0 aliphatic carbocycles. The Kier molecular flexibility index (Phi) is 5.56. The van der Waals surface area contributed by atoms with Crippen LogP contribution < -0.4 is 0 Å². The predicted molar refractivity (Wildman–Crippen MR) is 116 cm³/mol. The average molecular weight is 394 g/mol. The van der Waals surface area contributed by atoms with Gasteiger partial charge in [-0.15, -0.1) is 0 Å². The molecule has 2 aliphatic rings. The van der Waals surface area contributed by atoms with Gasteiger partial charge in [0.05, 0.1) is 12.3 Å². The molecule has 3 heterocycles. The van der Waals surface area contributed by atoms with Gasteiger partial charge in [0.25, 0.3) is 5.91 Å². The van der Waals surface area contributed by atoms with E-state index in [9.17, 15) is 4.79 Å². The molecule has 1 unspecified atom stereocenters. The van der Waals surface area contributed by atoms with E-state index in [0.29, 0.717) is 6.54 Å². The van der Waals surface area contributed by atoms with Crippen molar-refractivity contribution in [3.8, 4) is 0 Å². The van der Waals surface area contributed by atoms with Gasteiger partial charge < -0.3 is 9.47 Å². The van der Waals surface area contributed by atoms with Crippen LogP contribution in [-0.2, 0) is 11.8 Å². The quantitative estimate of drug-likeness (QED) is 0.802. The third kappa shape index (κ3) is 4.14. The van der Waals surface area contributed by atoms with Crippen molar-refractivity contribution in [2.45, 2.75) is 26.3 Å². The summed E-state index contributed by atoms with van der Waals surface area (Å²) in [7, 11) is 4.16. The van der Waals surface area contributed by atoms with Gasteiger partial charge >= 0.3 is 0 Å². The number of hydrogen-bond donors (Lipinski definition) is 0. The first-order valence-corrected chi connectivity index (χ1v) is 10.4. The number of hydrazone groups is 1. The summed E-state index contributed by atoms with van der Waals surface area (Å²) in [4.78, 5) is 17.8. The average Bonchev–Trinajstić information content (AvgIpc) is 3.32. The van der Waals surface area contributed by atoms with Crippen LogP contribution >= 0.6 is 0 Å². The van der Waals surface area contributed by atoms with E-state index in [2.05, 4.69) is 59.5 Å². The predicted octanol–water partition coefficient (Wildman–Crippen LogP) is 2.57. The van der Waals surface area contributed by atoms with Gasteiger partial charge in [0.1, 0.15) is 6.04 Å². The Hall–Kier alpha value is -2.44. The number of aryl methyl sites for hydroxylation is 3. The number of hydrogen-bond acceptors (Lipinski definition) is 4. The number of likely N-dealkylation sites (N-methyl/N-ethyl adjacent to an activating group) is 1. The molecule has 2 aliphatic heterocycles. The number of carbonyl (C=O) groups excluding carboxylic acids is 1. The lowest BCUT2D eigenvalue weighted by Crippen LogP contribution is -2.48. The Balaban J connectivity index is 1.59. The zero-order chi connectivity index (χ0) is 20.5. The second-order valence-electron chi connectivity index (χ2n) is 8.43. The highest BCUT2D eigenvalue weighted by Crippen LogP contribution is 2.33. The fourth-order valence-corrected chi connectivity index (χ4v) is 4.16. The third-order valence-corrected chi connectivity index (χ3v) is 6.29. The van der Waals surface area contributed by atoms with E-state index in [4.69, 9.17) is 5.10 Å². The minimum absolute atomic E-state index is 0.0495. The molecular formula is C23H31N5O. The largest absolute Gasteiger partial charge is 0.353 e. The van der Waals surface area contributed by atoms with E-state index in [1.54, 1.807) is 5.01 Å². The molecule has 0 radical (unpaired) electrons. The van der Waals surface area contributed by atoms with Gasteiger partial charge in [-0.1, -0.05) is 12.1 Å². The van der Waals surface area contributed by atoms with Crippen molar-refractivity contribution in [1.29, 1.82) is 0 Å². The third-order valence-electron chi connectivity index (χ3n) is 6.29. The Bertz CT molecular complexity index is 923. The molecule has 29 heavy (non-hydrogen) atoms. The summed E-state index contributed by atoms with van der Waals surface area (Å²) >= 11 is 0. The highest BCUT2D eigenvalue weighted by Gasteiger charge is 2.35. The van der Waals surface area contributed by atoms with Crippen molar-refractivity contribution >= 4 is 11.6 Å². The minimum Gasteiger partial charge on any atom is -0.353 e. The van der Waals surface area contributed by atoms with Crippen LogP contribution in [0.4, 0.5) is 0 Å². The van der Waals surface area contributed by atoms with Gasteiger partial charge in [0.2, 0.25) is 0 Å². The standard InChI is InChI=1S/C23H31N5O/c1-17-7-8-19(14-18(17)2)20-15-22(21-6-5-9-26(21)4)28(24-20)23(29)16-27-12-10-25(3)11-13-27/h5-9,14,22H,10-13,15-16H2,1-4H3. The molecule has 1 saturated heterocycles.